The van der Waals surface area contributed by atoms with Crippen LogP contribution in [0.2, 0.25) is 18.1 Å². The van der Waals surface area contributed by atoms with Crippen LogP contribution in [0.5, 0.6) is 11.5 Å². The molecular formula is C39H60N4O10SSi. The first-order chi connectivity index (χ1) is 25.8. The van der Waals surface area contributed by atoms with Gasteiger partial charge in [0.2, 0.25) is 11.8 Å². The minimum atomic E-state index is -2.47. The van der Waals surface area contributed by atoms with Crippen LogP contribution in [0, 0.1) is 12.8 Å². The molecule has 0 unspecified atom stereocenters. The zero-order chi connectivity index (χ0) is 41.0. The first-order valence-corrected chi connectivity index (χ1v) is 22.6. The SMILES string of the molecule is C=CCOC(=O)NCc1noc([C@H](CSCc2c(O[Si](C)(C)C(C)(C)C(C)C)cc(OC)c(C)c2C(=O)OCC=C)NC(=O)CCC[C@@H]2COC(C)(C)O2)n1. The Labute approximate surface area is 330 Å². The quantitative estimate of drug-likeness (QED) is 0.0680. The second-order valence-corrected chi connectivity index (χ2v) is 20.7. The lowest BCUT2D eigenvalue weighted by molar-refractivity contribution is -0.139. The van der Waals surface area contributed by atoms with Crippen LogP contribution in [0.4, 0.5) is 4.79 Å². The first-order valence-electron chi connectivity index (χ1n) is 18.6. The lowest BCUT2D eigenvalue weighted by atomic mass is 9.99. The molecule has 1 aliphatic heterocycles. The van der Waals surface area contributed by atoms with E-state index in [4.69, 9.17) is 32.6 Å². The van der Waals surface area contributed by atoms with Gasteiger partial charge in [0.15, 0.2) is 11.6 Å². The maximum absolute atomic E-state index is 13.7. The number of benzene rings is 1. The predicted molar refractivity (Wildman–Crippen MR) is 214 cm³/mol. The third-order valence-corrected chi connectivity index (χ3v) is 15.6. The van der Waals surface area contributed by atoms with Crippen molar-refractivity contribution < 1.29 is 47.0 Å². The largest absolute Gasteiger partial charge is 0.543 e. The Balaban J connectivity index is 1.91. The summed E-state index contributed by atoms with van der Waals surface area (Å²) in [4.78, 5) is 43.5. The van der Waals surface area contributed by atoms with Crippen LogP contribution >= 0.6 is 11.8 Å². The number of hydrogen-bond acceptors (Lipinski definition) is 13. The molecule has 2 N–H and O–H groups in total. The third kappa shape index (κ3) is 12.8. The maximum Gasteiger partial charge on any atom is 0.407 e. The van der Waals surface area contributed by atoms with Gasteiger partial charge < -0.3 is 43.3 Å². The average molecular weight is 805 g/mol. The molecule has 1 aromatic carbocycles. The number of alkyl carbamates (subject to hydrolysis) is 1. The van der Waals surface area contributed by atoms with Gasteiger partial charge in [-0.3, -0.25) is 4.79 Å². The van der Waals surface area contributed by atoms with Gasteiger partial charge in [-0.25, -0.2) is 9.59 Å². The molecule has 16 heteroatoms. The number of aromatic nitrogens is 2. The highest BCUT2D eigenvalue weighted by Gasteiger charge is 2.45. The van der Waals surface area contributed by atoms with Crippen LogP contribution in [0.3, 0.4) is 0 Å². The third-order valence-electron chi connectivity index (χ3n) is 10.1. The number of hydrogen-bond donors (Lipinski definition) is 2. The van der Waals surface area contributed by atoms with Crippen molar-refractivity contribution in [1.29, 1.82) is 0 Å². The summed E-state index contributed by atoms with van der Waals surface area (Å²) < 4.78 is 40.4. The van der Waals surface area contributed by atoms with E-state index < -0.39 is 32.2 Å². The van der Waals surface area contributed by atoms with Crippen molar-refractivity contribution in [3.05, 3.63) is 59.8 Å². The molecule has 2 heterocycles. The Morgan fingerprint density at radius 3 is 2.45 bits per heavy atom. The number of amides is 2. The molecule has 0 radical (unpaired) electrons. The second kappa shape index (κ2) is 20.3. The Hall–Kier alpha value is -3.86. The van der Waals surface area contributed by atoms with Gasteiger partial charge in [-0.1, -0.05) is 58.2 Å². The topological polar surface area (TPSA) is 170 Å². The van der Waals surface area contributed by atoms with Crippen molar-refractivity contribution in [1.82, 2.24) is 20.8 Å². The number of nitrogens with one attached hydrogen (secondary N) is 2. The van der Waals surface area contributed by atoms with Gasteiger partial charge in [-0.2, -0.15) is 16.7 Å². The summed E-state index contributed by atoms with van der Waals surface area (Å²) in [5.74, 6) is 0.966. The Morgan fingerprint density at radius 2 is 1.84 bits per heavy atom. The van der Waals surface area contributed by atoms with E-state index in [1.54, 1.807) is 7.11 Å². The molecule has 1 aromatic heterocycles. The summed E-state index contributed by atoms with van der Waals surface area (Å²) in [5, 5.41) is 9.49. The molecule has 0 saturated carbocycles. The minimum Gasteiger partial charge on any atom is -0.543 e. The van der Waals surface area contributed by atoms with E-state index in [1.165, 1.54) is 23.9 Å². The molecule has 306 valence electrons. The Kier molecular flexibility index (Phi) is 16.8. The fraction of sp³-hybridized carbons (Fsp3) is 0.615. The molecule has 14 nitrogen and oxygen atoms in total. The summed E-state index contributed by atoms with van der Waals surface area (Å²) >= 11 is 1.45. The number of carbonyl (C=O) groups excluding carboxylic acids is 3. The standard InChI is InChI=1S/C39H60N4O10SSi/c1-13-18-48-36(45)34-26(5)30(47-10)20-31(53-55(11,12)38(6,7)25(3)4)28(34)23-54-24-29(35-42-32(43-52-35)21-40-37(46)49-19-14-2)41-33(44)17-15-16-27-22-50-39(8,9)51-27/h13-14,20,25,27,29H,1-2,15-19,21-24H2,3-12H3,(H,40,46)(H,41,44)/t27-,29+/m1/s1. The second-order valence-electron chi connectivity index (χ2n) is 15.2. The summed E-state index contributed by atoms with van der Waals surface area (Å²) in [7, 11) is -0.917. The highest BCUT2D eigenvalue weighted by molar-refractivity contribution is 7.98. The van der Waals surface area contributed by atoms with Crippen LogP contribution in [0.1, 0.15) is 100 Å². The normalized spacial score (nSPS) is 15.9. The van der Waals surface area contributed by atoms with E-state index in [0.717, 1.165) is 0 Å². The molecule has 3 rings (SSSR count). The van der Waals surface area contributed by atoms with Gasteiger partial charge in [0.05, 0.1) is 31.9 Å². The Bertz CT molecular complexity index is 1640. The van der Waals surface area contributed by atoms with Crippen molar-refractivity contribution in [3.8, 4) is 11.5 Å². The molecule has 0 bridgehead atoms. The molecule has 2 aromatic rings. The van der Waals surface area contributed by atoms with E-state index in [0.29, 0.717) is 65.1 Å². The van der Waals surface area contributed by atoms with Crippen molar-refractivity contribution >= 4 is 38.0 Å². The summed E-state index contributed by atoms with van der Waals surface area (Å²) in [5.41, 5.74) is 1.62. The van der Waals surface area contributed by atoms with Gasteiger partial charge in [0.1, 0.15) is 30.8 Å². The number of methoxy groups -OCH3 is 1. The van der Waals surface area contributed by atoms with E-state index in [2.05, 4.69) is 74.7 Å². The highest BCUT2D eigenvalue weighted by atomic mass is 32.2. The van der Waals surface area contributed by atoms with Crippen molar-refractivity contribution in [2.45, 2.75) is 116 Å². The molecule has 1 aliphatic rings. The van der Waals surface area contributed by atoms with Gasteiger partial charge in [0.25, 0.3) is 8.32 Å². The minimum absolute atomic E-state index is 0.0327. The van der Waals surface area contributed by atoms with E-state index in [1.807, 2.05) is 26.8 Å². The molecule has 1 saturated heterocycles. The van der Waals surface area contributed by atoms with Crippen LogP contribution in [-0.4, -0.2) is 81.0 Å². The molecule has 0 aliphatic carbocycles. The van der Waals surface area contributed by atoms with Crippen molar-refractivity contribution in [2.75, 3.05) is 32.7 Å². The van der Waals surface area contributed by atoms with Crippen LogP contribution < -0.4 is 19.8 Å². The predicted octanol–water partition coefficient (Wildman–Crippen LogP) is 7.57. The van der Waals surface area contributed by atoms with Crippen molar-refractivity contribution in [2.24, 2.45) is 5.92 Å². The number of rotatable bonds is 22. The van der Waals surface area contributed by atoms with E-state index in [9.17, 15) is 14.4 Å². The fourth-order valence-corrected chi connectivity index (χ4v) is 9.21. The Morgan fingerprint density at radius 1 is 1.15 bits per heavy atom. The lowest BCUT2D eigenvalue weighted by Crippen LogP contribution is -2.48. The van der Waals surface area contributed by atoms with Gasteiger partial charge >= 0.3 is 12.1 Å². The maximum atomic E-state index is 13.7. The molecule has 2 atom stereocenters. The van der Waals surface area contributed by atoms with E-state index >= 15 is 0 Å². The summed E-state index contributed by atoms with van der Waals surface area (Å²) in [6.45, 7) is 26.4. The zero-order valence-corrected chi connectivity index (χ0v) is 35.9. The highest BCUT2D eigenvalue weighted by Crippen LogP contribution is 2.47. The summed E-state index contributed by atoms with van der Waals surface area (Å²) in [6.07, 6.45) is 3.69. The van der Waals surface area contributed by atoms with Crippen LogP contribution in [0.15, 0.2) is 35.9 Å². The number of thioether (sulfide) groups is 1. The molecule has 1 fully saturated rings. The van der Waals surface area contributed by atoms with Crippen LogP contribution in [-0.2, 0) is 36.0 Å². The van der Waals surface area contributed by atoms with Gasteiger partial charge in [0, 0.05) is 35.1 Å². The monoisotopic (exact) mass is 804 g/mol. The number of nitrogens with zero attached hydrogens (tertiary/aromatic N) is 2. The van der Waals surface area contributed by atoms with E-state index in [-0.39, 0.29) is 54.9 Å². The fourth-order valence-electron chi connectivity index (χ4n) is 5.75. The number of esters is 1. The number of carbonyl (C=O) groups is 3. The molecular weight excluding hydrogens is 745 g/mol. The first kappa shape index (κ1) is 45.5. The van der Waals surface area contributed by atoms with Crippen molar-refractivity contribution in [3.63, 3.8) is 0 Å². The average Bonchev–Trinajstić information content (AvgIpc) is 3.74. The zero-order valence-electron chi connectivity index (χ0n) is 34.1. The number of ether oxygens (including phenoxy) is 5. The van der Waals surface area contributed by atoms with Gasteiger partial charge in [-0.05, 0) is 57.7 Å². The molecule has 2 amide bonds. The molecule has 0 spiro atoms. The molecule has 55 heavy (non-hydrogen) atoms. The summed E-state index contributed by atoms with van der Waals surface area (Å²) in [6, 6.07) is 1.14. The van der Waals surface area contributed by atoms with Gasteiger partial charge in [-0.15, -0.1) is 0 Å². The lowest BCUT2D eigenvalue weighted by Gasteiger charge is -2.43. The smallest absolute Gasteiger partial charge is 0.407 e. The van der Waals surface area contributed by atoms with Crippen LogP contribution in [0.25, 0.3) is 0 Å².